The molecule has 0 radical (unpaired) electrons. The Balaban J connectivity index is 2.13. The smallest absolute Gasteiger partial charge is 0.127 e. The van der Waals surface area contributed by atoms with Crippen LogP contribution in [0.1, 0.15) is 25.0 Å². The van der Waals surface area contributed by atoms with Crippen LogP contribution in [0.4, 0.5) is 4.39 Å². The van der Waals surface area contributed by atoms with Crippen LogP contribution < -0.4 is 4.74 Å². The van der Waals surface area contributed by atoms with Crippen molar-refractivity contribution in [3.63, 3.8) is 0 Å². The van der Waals surface area contributed by atoms with Crippen molar-refractivity contribution >= 4 is 5.57 Å². The van der Waals surface area contributed by atoms with Gasteiger partial charge < -0.3 is 4.74 Å². The summed E-state index contributed by atoms with van der Waals surface area (Å²) in [4.78, 5) is 0. The van der Waals surface area contributed by atoms with Gasteiger partial charge in [0.05, 0.1) is 0 Å². The summed E-state index contributed by atoms with van der Waals surface area (Å²) in [6.07, 6.45) is 2.06. The Morgan fingerprint density at radius 2 is 1.79 bits per heavy atom. The van der Waals surface area contributed by atoms with Crippen LogP contribution in [0.5, 0.6) is 5.75 Å². The van der Waals surface area contributed by atoms with Gasteiger partial charge >= 0.3 is 0 Å². The zero-order chi connectivity index (χ0) is 13.7. The Kier molecular flexibility index (Phi) is 4.35. The fourth-order valence-electron chi connectivity index (χ4n) is 1.82. The second kappa shape index (κ2) is 6.19. The summed E-state index contributed by atoms with van der Waals surface area (Å²) in [5, 5.41) is 0. The molecule has 0 aliphatic rings. The van der Waals surface area contributed by atoms with Crippen molar-refractivity contribution in [1.82, 2.24) is 0 Å². The molecular formula is C17H17FO. The molecule has 0 bridgehead atoms. The van der Waals surface area contributed by atoms with Crippen molar-refractivity contribution in [3.8, 4) is 5.75 Å². The van der Waals surface area contributed by atoms with E-state index < -0.39 is 0 Å². The van der Waals surface area contributed by atoms with E-state index in [0.29, 0.717) is 6.61 Å². The second-order valence-corrected chi connectivity index (χ2v) is 4.38. The Morgan fingerprint density at radius 3 is 2.47 bits per heavy atom. The molecule has 0 aromatic heterocycles. The molecular weight excluding hydrogens is 239 g/mol. The van der Waals surface area contributed by atoms with E-state index in [9.17, 15) is 4.39 Å². The highest BCUT2D eigenvalue weighted by atomic mass is 19.1. The monoisotopic (exact) mass is 256 g/mol. The van der Waals surface area contributed by atoms with Crippen molar-refractivity contribution in [2.75, 3.05) is 0 Å². The molecule has 0 saturated carbocycles. The third-order valence-corrected chi connectivity index (χ3v) is 3.05. The van der Waals surface area contributed by atoms with E-state index in [0.717, 1.165) is 16.9 Å². The van der Waals surface area contributed by atoms with Crippen LogP contribution in [-0.4, -0.2) is 0 Å². The van der Waals surface area contributed by atoms with E-state index in [1.807, 2.05) is 31.2 Å². The molecule has 2 heteroatoms. The average Bonchev–Trinajstić information content (AvgIpc) is 2.46. The van der Waals surface area contributed by atoms with E-state index >= 15 is 0 Å². The Bertz CT molecular complexity index is 570. The normalized spacial score (nSPS) is 11.4. The quantitative estimate of drug-likeness (QED) is 0.761. The molecule has 2 aromatic rings. The van der Waals surface area contributed by atoms with Gasteiger partial charge in [-0.1, -0.05) is 36.4 Å². The van der Waals surface area contributed by atoms with Crippen LogP contribution in [0.2, 0.25) is 0 Å². The van der Waals surface area contributed by atoms with Gasteiger partial charge in [0.25, 0.3) is 0 Å². The van der Waals surface area contributed by atoms with E-state index in [1.165, 1.54) is 17.7 Å². The van der Waals surface area contributed by atoms with Gasteiger partial charge in [-0.05, 0) is 43.2 Å². The Hall–Kier alpha value is -2.09. The highest BCUT2D eigenvalue weighted by Crippen LogP contribution is 2.26. The maximum absolute atomic E-state index is 12.8. The number of allylic oxidation sites excluding steroid dienone is 2. The predicted molar refractivity (Wildman–Crippen MR) is 76.5 cm³/mol. The summed E-state index contributed by atoms with van der Waals surface area (Å²) in [5.41, 5.74) is 3.22. The first kappa shape index (κ1) is 13.3. The van der Waals surface area contributed by atoms with Gasteiger partial charge in [0, 0.05) is 5.56 Å². The molecule has 0 aliphatic carbocycles. The SMILES string of the molecule is C/C=C(\C)c1ccccc1OCc1ccc(F)cc1. The number of hydrogen-bond acceptors (Lipinski definition) is 1. The highest BCUT2D eigenvalue weighted by Gasteiger charge is 2.04. The number of para-hydroxylation sites is 1. The lowest BCUT2D eigenvalue weighted by atomic mass is 10.1. The van der Waals surface area contributed by atoms with Gasteiger partial charge in [0.15, 0.2) is 0 Å². The minimum Gasteiger partial charge on any atom is -0.488 e. The van der Waals surface area contributed by atoms with Crippen molar-refractivity contribution in [2.45, 2.75) is 20.5 Å². The van der Waals surface area contributed by atoms with Gasteiger partial charge in [-0.15, -0.1) is 0 Å². The molecule has 0 unspecified atom stereocenters. The Labute approximate surface area is 113 Å². The number of halogens is 1. The summed E-state index contributed by atoms with van der Waals surface area (Å²) in [5.74, 6) is 0.622. The molecule has 0 atom stereocenters. The van der Waals surface area contributed by atoms with Crippen LogP contribution >= 0.6 is 0 Å². The summed E-state index contributed by atoms with van der Waals surface area (Å²) in [6, 6.07) is 14.3. The van der Waals surface area contributed by atoms with Crippen molar-refractivity contribution in [3.05, 3.63) is 71.6 Å². The first-order valence-electron chi connectivity index (χ1n) is 6.30. The fourth-order valence-corrected chi connectivity index (χ4v) is 1.82. The largest absolute Gasteiger partial charge is 0.488 e. The molecule has 0 spiro atoms. The predicted octanol–water partition coefficient (Wildman–Crippen LogP) is 4.83. The lowest BCUT2D eigenvalue weighted by Gasteiger charge is -2.11. The van der Waals surface area contributed by atoms with E-state index in [2.05, 4.69) is 13.0 Å². The van der Waals surface area contributed by atoms with E-state index in [4.69, 9.17) is 4.74 Å². The minimum absolute atomic E-state index is 0.228. The summed E-state index contributed by atoms with van der Waals surface area (Å²) >= 11 is 0. The standard InChI is InChI=1S/C17H17FO/c1-3-13(2)16-6-4-5-7-17(16)19-12-14-8-10-15(18)11-9-14/h3-11H,12H2,1-2H3/b13-3+. The molecule has 0 heterocycles. The summed E-state index contributed by atoms with van der Waals surface area (Å²) < 4.78 is 18.6. The molecule has 0 N–H and O–H groups in total. The van der Waals surface area contributed by atoms with Crippen molar-refractivity contribution in [1.29, 1.82) is 0 Å². The van der Waals surface area contributed by atoms with Crippen molar-refractivity contribution < 1.29 is 9.13 Å². The highest BCUT2D eigenvalue weighted by molar-refractivity contribution is 5.68. The zero-order valence-corrected chi connectivity index (χ0v) is 11.2. The Morgan fingerprint density at radius 1 is 1.11 bits per heavy atom. The molecule has 0 saturated heterocycles. The molecule has 98 valence electrons. The number of benzene rings is 2. The van der Waals surface area contributed by atoms with Gasteiger partial charge in [-0.2, -0.15) is 0 Å². The molecule has 0 fully saturated rings. The third kappa shape index (κ3) is 3.44. The summed E-state index contributed by atoms with van der Waals surface area (Å²) in [6.45, 7) is 4.50. The number of rotatable bonds is 4. The molecule has 2 aromatic carbocycles. The van der Waals surface area contributed by atoms with Crippen LogP contribution in [0, 0.1) is 5.82 Å². The van der Waals surface area contributed by atoms with Crippen molar-refractivity contribution in [2.24, 2.45) is 0 Å². The van der Waals surface area contributed by atoms with Gasteiger partial charge in [-0.25, -0.2) is 4.39 Å². The minimum atomic E-state index is -0.228. The van der Waals surface area contributed by atoms with Crippen LogP contribution in [-0.2, 0) is 6.61 Å². The summed E-state index contributed by atoms with van der Waals surface area (Å²) in [7, 11) is 0. The first-order chi connectivity index (χ1) is 9.20. The van der Waals surface area contributed by atoms with Crippen LogP contribution in [0.15, 0.2) is 54.6 Å². The maximum atomic E-state index is 12.8. The zero-order valence-electron chi connectivity index (χ0n) is 11.2. The maximum Gasteiger partial charge on any atom is 0.127 e. The van der Waals surface area contributed by atoms with Gasteiger partial charge in [0.2, 0.25) is 0 Å². The average molecular weight is 256 g/mol. The molecule has 1 nitrogen and oxygen atoms in total. The lowest BCUT2D eigenvalue weighted by molar-refractivity contribution is 0.305. The van der Waals surface area contributed by atoms with Crippen LogP contribution in [0.25, 0.3) is 5.57 Å². The van der Waals surface area contributed by atoms with E-state index in [1.54, 1.807) is 12.1 Å². The third-order valence-electron chi connectivity index (χ3n) is 3.05. The molecule has 19 heavy (non-hydrogen) atoms. The molecule has 0 aliphatic heterocycles. The second-order valence-electron chi connectivity index (χ2n) is 4.38. The van der Waals surface area contributed by atoms with Crippen LogP contribution in [0.3, 0.4) is 0 Å². The first-order valence-corrected chi connectivity index (χ1v) is 6.30. The molecule has 2 rings (SSSR count). The fraction of sp³-hybridized carbons (Fsp3) is 0.176. The number of hydrogen-bond donors (Lipinski definition) is 0. The lowest BCUT2D eigenvalue weighted by Crippen LogP contribution is -1.98. The molecule has 0 amide bonds. The topological polar surface area (TPSA) is 9.23 Å². The number of ether oxygens (including phenoxy) is 1. The van der Waals surface area contributed by atoms with E-state index in [-0.39, 0.29) is 5.82 Å². The van der Waals surface area contributed by atoms with Gasteiger partial charge in [0.1, 0.15) is 18.2 Å². The van der Waals surface area contributed by atoms with Gasteiger partial charge in [-0.3, -0.25) is 0 Å².